The van der Waals surface area contributed by atoms with Crippen LogP contribution in [-0.4, -0.2) is 13.0 Å². The first-order valence-electron chi connectivity index (χ1n) is 4.72. The lowest BCUT2D eigenvalue weighted by molar-refractivity contribution is -0.119. The number of carbonyl (C=O) groups is 1. The number of ether oxygens (including phenoxy) is 1. The summed E-state index contributed by atoms with van der Waals surface area (Å²) in [5.74, 6) is 0.0844. The van der Waals surface area contributed by atoms with Crippen LogP contribution in [0.5, 0.6) is 5.75 Å². The molecule has 0 aromatic heterocycles. The number of halogens is 2. The lowest BCUT2D eigenvalue weighted by atomic mass is 9.95. The van der Waals surface area contributed by atoms with Crippen molar-refractivity contribution in [1.82, 2.24) is 0 Å². The van der Waals surface area contributed by atoms with Crippen molar-refractivity contribution in [3.63, 3.8) is 0 Å². The summed E-state index contributed by atoms with van der Waals surface area (Å²) >= 11 is 3.35. The van der Waals surface area contributed by atoms with Gasteiger partial charge in [-0.3, -0.25) is 4.79 Å². The van der Waals surface area contributed by atoms with Gasteiger partial charge in [0, 0.05) is 10.0 Å². The Morgan fingerprint density at radius 2 is 2.19 bits per heavy atom. The van der Waals surface area contributed by atoms with Crippen LogP contribution in [0, 0.1) is 0 Å². The lowest BCUT2D eigenvalue weighted by Gasteiger charge is -2.15. The van der Waals surface area contributed by atoms with Gasteiger partial charge in [-0.05, 0) is 18.6 Å². The first-order valence-corrected chi connectivity index (χ1v) is 5.52. The van der Waals surface area contributed by atoms with E-state index in [1.807, 2.05) is 25.1 Å². The van der Waals surface area contributed by atoms with Gasteiger partial charge < -0.3 is 10.5 Å². The molecule has 0 aliphatic rings. The molecule has 1 aromatic carbocycles. The summed E-state index contributed by atoms with van der Waals surface area (Å²) < 4.78 is 6.14. The van der Waals surface area contributed by atoms with Crippen molar-refractivity contribution in [2.75, 3.05) is 7.11 Å². The Hall–Kier alpha value is -0.740. The Labute approximate surface area is 110 Å². The molecule has 0 heterocycles. The Morgan fingerprint density at radius 1 is 1.56 bits per heavy atom. The van der Waals surface area contributed by atoms with Crippen LogP contribution in [0.15, 0.2) is 22.7 Å². The molecule has 0 bridgehead atoms. The van der Waals surface area contributed by atoms with Crippen LogP contribution in [-0.2, 0) is 4.79 Å². The molecule has 0 fully saturated rings. The van der Waals surface area contributed by atoms with Crippen LogP contribution in [0.3, 0.4) is 0 Å². The molecule has 0 spiro atoms. The number of nitrogens with two attached hydrogens (primary N) is 1. The van der Waals surface area contributed by atoms with E-state index in [-0.39, 0.29) is 24.2 Å². The minimum absolute atomic E-state index is 0. The molecule has 3 nitrogen and oxygen atoms in total. The first-order chi connectivity index (χ1) is 7.10. The fraction of sp³-hybridized carbons (Fsp3) is 0.364. The quantitative estimate of drug-likeness (QED) is 0.930. The van der Waals surface area contributed by atoms with Gasteiger partial charge in [-0.1, -0.05) is 28.9 Å². The van der Waals surface area contributed by atoms with Crippen LogP contribution < -0.4 is 10.5 Å². The number of amides is 1. The van der Waals surface area contributed by atoms with Gasteiger partial charge in [0.2, 0.25) is 5.91 Å². The Kier molecular flexibility index (Phi) is 6.45. The zero-order valence-electron chi connectivity index (χ0n) is 9.20. The monoisotopic (exact) mass is 307 g/mol. The molecular formula is C11H15BrClNO2. The van der Waals surface area contributed by atoms with Gasteiger partial charge in [0.15, 0.2) is 0 Å². The second kappa shape index (κ2) is 6.76. The van der Waals surface area contributed by atoms with E-state index in [4.69, 9.17) is 10.5 Å². The predicted octanol–water partition coefficient (Wildman–Crippen LogP) is 2.86. The maximum atomic E-state index is 11.2. The predicted molar refractivity (Wildman–Crippen MR) is 70.2 cm³/mol. The molecule has 0 aliphatic carbocycles. The molecule has 0 saturated carbocycles. The number of methoxy groups -OCH3 is 1. The number of rotatable bonds is 4. The second-order valence-corrected chi connectivity index (χ2v) is 4.17. The van der Waals surface area contributed by atoms with Crippen LogP contribution in [0.25, 0.3) is 0 Å². The van der Waals surface area contributed by atoms with Crippen LogP contribution >= 0.6 is 28.3 Å². The highest BCUT2D eigenvalue weighted by Gasteiger charge is 2.19. The standard InChI is InChI=1S/C11H14BrNO2.ClH/c1-3-8(11(13)14)9-5-4-7(12)6-10(9)15-2;/h4-6,8H,3H2,1-2H3,(H2,13,14);1H. The van der Waals surface area contributed by atoms with Gasteiger partial charge >= 0.3 is 0 Å². The van der Waals surface area contributed by atoms with Gasteiger partial charge in [-0.15, -0.1) is 12.4 Å². The molecular weight excluding hydrogens is 293 g/mol. The van der Waals surface area contributed by atoms with E-state index in [0.717, 1.165) is 10.0 Å². The highest BCUT2D eigenvalue weighted by atomic mass is 79.9. The summed E-state index contributed by atoms with van der Waals surface area (Å²) in [6.07, 6.45) is 0.674. The first kappa shape index (κ1) is 15.3. The Balaban J connectivity index is 0.00000225. The van der Waals surface area contributed by atoms with Gasteiger partial charge in [-0.2, -0.15) is 0 Å². The summed E-state index contributed by atoms with van der Waals surface area (Å²) in [6.45, 7) is 1.93. The fourth-order valence-electron chi connectivity index (χ4n) is 1.55. The molecule has 16 heavy (non-hydrogen) atoms. The van der Waals surface area contributed by atoms with Crippen molar-refractivity contribution in [2.24, 2.45) is 5.73 Å². The summed E-state index contributed by atoms with van der Waals surface area (Å²) in [5.41, 5.74) is 6.18. The minimum Gasteiger partial charge on any atom is -0.496 e. The highest BCUT2D eigenvalue weighted by molar-refractivity contribution is 9.10. The highest BCUT2D eigenvalue weighted by Crippen LogP contribution is 2.31. The SMILES string of the molecule is CCC(C(N)=O)c1ccc(Br)cc1OC.Cl. The maximum Gasteiger partial charge on any atom is 0.225 e. The third kappa shape index (κ3) is 3.39. The van der Waals surface area contributed by atoms with Crippen LogP contribution in [0.2, 0.25) is 0 Å². The molecule has 5 heteroatoms. The normalized spacial score (nSPS) is 11.4. The van der Waals surface area contributed by atoms with Gasteiger partial charge in [-0.25, -0.2) is 0 Å². The third-order valence-corrected chi connectivity index (χ3v) is 2.82. The summed E-state index contributed by atoms with van der Waals surface area (Å²) in [6, 6.07) is 5.58. The second-order valence-electron chi connectivity index (χ2n) is 3.25. The van der Waals surface area contributed by atoms with E-state index in [2.05, 4.69) is 15.9 Å². The van der Waals surface area contributed by atoms with Gasteiger partial charge in [0.05, 0.1) is 13.0 Å². The zero-order chi connectivity index (χ0) is 11.4. The van der Waals surface area contributed by atoms with E-state index in [1.54, 1.807) is 7.11 Å². The van der Waals surface area contributed by atoms with E-state index in [0.29, 0.717) is 12.2 Å². The van der Waals surface area contributed by atoms with Crippen molar-refractivity contribution in [3.8, 4) is 5.75 Å². The van der Waals surface area contributed by atoms with Crippen molar-refractivity contribution < 1.29 is 9.53 Å². The maximum absolute atomic E-state index is 11.2. The molecule has 1 atom stereocenters. The molecule has 1 unspecified atom stereocenters. The molecule has 1 aromatic rings. The fourth-order valence-corrected chi connectivity index (χ4v) is 1.89. The van der Waals surface area contributed by atoms with E-state index in [1.165, 1.54) is 0 Å². The number of benzene rings is 1. The Morgan fingerprint density at radius 3 is 2.62 bits per heavy atom. The average molecular weight is 309 g/mol. The van der Waals surface area contributed by atoms with Crippen LogP contribution in [0.4, 0.5) is 0 Å². The smallest absolute Gasteiger partial charge is 0.225 e. The minimum atomic E-state index is -0.321. The summed E-state index contributed by atoms with van der Waals surface area (Å²) in [7, 11) is 1.58. The van der Waals surface area contributed by atoms with E-state index >= 15 is 0 Å². The molecule has 0 aliphatic heterocycles. The molecule has 1 amide bonds. The average Bonchev–Trinajstić information content (AvgIpc) is 2.20. The molecule has 90 valence electrons. The molecule has 2 N–H and O–H groups in total. The molecule has 1 rings (SSSR count). The number of primary amides is 1. The lowest BCUT2D eigenvalue weighted by Crippen LogP contribution is -2.21. The van der Waals surface area contributed by atoms with E-state index < -0.39 is 0 Å². The van der Waals surface area contributed by atoms with Gasteiger partial charge in [0.25, 0.3) is 0 Å². The van der Waals surface area contributed by atoms with Gasteiger partial charge in [0.1, 0.15) is 5.75 Å². The zero-order valence-corrected chi connectivity index (χ0v) is 11.6. The number of carbonyl (C=O) groups excluding carboxylic acids is 1. The van der Waals surface area contributed by atoms with Crippen molar-refractivity contribution in [2.45, 2.75) is 19.3 Å². The topological polar surface area (TPSA) is 52.3 Å². The summed E-state index contributed by atoms with van der Waals surface area (Å²) in [4.78, 5) is 11.2. The van der Waals surface area contributed by atoms with Crippen molar-refractivity contribution >= 4 is 34.2 Å². The summed E-state index contributed by atoms with van der Waals surface area (Å²) in [5, 5.41) is 0. The third-order valence-electron chi connectivity index (χ3n) is 2.32. The van der Waals surface area contributed by atoms with E-state index in [9.17, 15) is 4.79 Å². The molecule has 0 saturated heterocycles. The largest absolute Gasteiger partial charge is 0.496 e. The van der Waals surface area contributed by atoms with Crippen molar-refractivity contribution in [1.29, 1.82) is 0 Å². The number of hydrogen-bond donors (Lipinski definition) is 1. The molecule has 0 radical (unpaired) electrons. The van der Waals surface area contributed by atoms with Crippen molar-refractivity contribution in [3.05, 3.63) is 28.2 Å². The number of hydrogen-bond acceptors (Lipinski definition) is 2. The van der Waals surface area contributed by atoms with Crippen LogP contribution in [0.1, 0.15) is 24.8 Å². The Bertz CT molecular complexity index is 371.